The molecular weight excluding hydrogens is 402 g/mol. The summed E-state index contributed by atoms with van der Waals surface area (Å²) in [5.74, 6) is 0.503. The highest BCUT2D eigenvalue weighted by molar-refractivity contribution is 6.12. The Labute approximate surface area is 189 Å². The Morgan fingerprint density at radius 2 is 1.91 bits per heavy atom. The van der Waals surface area contributed by atoms with Crippen molar-refractivity contribution in [3.63, 3.8) is 0 Å². The number of hydrogen-bond donors (Lipinski definition) is 2. The first-order chi connectivity index (χ1) is 15.5. The first-order valence-electron chi connectivity index (χ1n) is 11.3. The summed E-state index contributed by atoms with van der Waals surface area (Å²) in [5.41, 5.74) is 3.43. The minimum atomic E-state index is -1.01. The van der Waals surface area contributed by atoms with E-state index in [1.807, 2.05) is 55.5 Å². The van der Waals surface area contributed by atoms with Crippen LogP contribution in [0.1, 0.15) is 43.7 Å². The summed E-state index contributed by atoms with van der Waals surface area (Å²) < 4.78 is 0. The van der Waals surface area contributed by atoms with E-state index in [2.05, 4.69) is 22.5 Å². The molecule has 2 N–H and O–H groups in total. The number of aliphatic imine (C=N–C) groups is 1. The molecule has 1 saturated carbocycles. The summed E-state index contributed by atoms with van der Waals surface area (Å²) >= 11 is 0. The number of fused-ring (bicyclic) bond motifs is 1. The summed E-state index contributed by atoms with van der Waals surface area (Å²) in [6.45, 7) is 4.87. The van der Waals surface area contributed by atoms with Crippen LogP contribution < -0.4 is 15.5 Å². The lowest BCUT2D eigenvalue weighted by molar-refractivity contribution is -0.119. The molecule has 0 spiro atoms. The number of benzene rings is 2. The lowest BCUT2D eigenvalue weighted by Crippen LogP contribution is -2.48. The van der Waals surface area contributed by atoms with Crippen molar-refractivity contribution in [2.45, 2.75) is 51.7 Å². The van der Waals surface area contributed by atoms with Crippen LogP contribution in [0.5, 0.6) is 0 Å². The zero-order valence-electron chi connectivity index (χ0n) is 19.0. The van der Waals surface area contributed by atoms with Crippen LogP contribution in [0.4, 0.5) is 16.2 Å². The van der Waals surface area contributed by atoms with Crippen LogP contribution in [0.15, 0.2) is 53.5 Å². The average molecular weight is 434 g/mol. The molecule has 1 aliphatic heterocycles. The monoisotopic (exact) mass is 433 g/mol. The van der Waals surface area contributed by atoms with Gasteiger partial charge in [-0.25, -0.2) is 9.79 Å². The molecule has 32 heavy (non-hydrogen) atoms. The minimum absolute atomic E-state index is 0.269. The highest BCUT2D eigenvalue weighted by Crippen LogP contribution is 2.30. The van der Waals surface area contributed by atoms with Crippen molar-refractivity contribution >= 4 is 29.1 Å². The maximum absolute atomic E-state index is 13.3. The maximum Gasteiger partial charge on any atom is 0.321 e. The van der Waals surface area contributed by atoms with E-state index in [9.17, 15) is 9.59 Å². The van der Waals surface area contributed by atoms with Gasteiger partial charge in [0.05, 0.1) is 5.69 Å². The van der Waals surface area contributed by atoms with Crippen molar-refractivity contribution in [3.8, 4) is 0 Å². The number of rotatable bonds is 4. The number of amides is 3. The van der Waals surface area contributed by atoms with Crippen molar-refractivity contribution in [3.05, 3.63) is 59.7 Å². The first kappa shape index (κ1) is 21.9. The maximum atomic E-state index is 13.3. The fraction of sp³-hybridized carbons (Fsp3) is 0.400. The molecule has 2 aromatic rings. The number of carbonyl (C=O) groups is 2. The number of hydrogen-bond acceptors (Lipinski definition) is 4. The molecule has 1 aliphatic carbocycles. The Balaban J connectivity index is 1.66. The molecule has 1 fully saturated rings. The van der Waals surface area contributed by atoms with Gasteiger partial charge < -0.3 is 20.4 Å². The van der Waals surface area contributed by atoms with Gasteiger partial charge in [0.1, 0.15) is 5.84 Å². The zero-order valence-corrected chi connectivity index (χ0v) is 19.0. The lowest BCUT2D eigenvalue weighted by atomic mass is 10.1. The molecule has 0 radical (unpaired) electrons. The average Bonchev–Trinajstić information content (AvgIpc) is 3.29. The predicted molar refractivity (Wildman–Crippen MR) is 128 cm³/mol. The number of anilines is 2. The van der Waals surface area contributed by atoms with Crippen LogP contribution in [0, 0.1) is 6.92 Å². The quantitative estimate of drug-likeness (QED) is 0.761. The number of nitrogens with one attached hydrogen (secondary N) is 2. The van der Waals surface area contributed by atoms with Gasteiger partial charge in [0, 0.05) is 30.9 Å². The topological polar surface area (TPSA) is 77.0 Å². The van der Waals surface area contributed by atoms with Crippen LogP contribution >= 0.6 is 0 Å². The highest BCUT2D eigenvalue weighted by Gasteiger charge is 2.34. The van der Waals surface area contributed by atoms with Gasteiger partial charge in [0.2, 0.25) is 6.17 Å². The summed E-state index contributed by atoms with van der Waals surface area (Å²) in [6, 6.07) is 15.3. The highest BCUT2D eigenvalue weighted by atomic mass is 16.2. The van der Waals surface area contributed by atoms with Gasteiger partial charge in [-0.15, -0.1) is 0 Å². The lowest BCUT2D eigenvalue weighted by Gasteiger charge is -2.31. The van der Waals surface area contributed by atoms with Gasteiger partial charge in [0.25, 0.3) is 5.91 Å². The smallest absolute Gasteiger partial charge is 0.321 e. The summed E-state index contributed by atoms with van der Waals surface area (Å²) in [7, 11) is 1.73. The Kier molecular flexibility index (Phi) is 6.44. The third-order valence-corrected chi connectivity index (χ3v) is 6.24. The van der Waals surface area contributed by atoms with Gasteiger partial charge in [-0.05, 0) is 56.5 Å². The molecule has 4 rings (SSSR count). The standard InChI is InChI=1S/C25H31N5O2/c1-4-30(19-12-5-6-13-19)23-20-14-7-8-15-21(20)29(3)24(31)22(27-23)28-25(32)26-18-11-9-10-17(2)16-18/h7-11,14-16,19,22H,4-6,12-13H2,1-3H3,(H2,26,28,32)/t22-/m0/s1. The van der Waals surface area contributed by atoms with E-state index >= 15 is 0 Å². The van der Waals surface area contributed by atoms with E-state index in [1.165, 1.54) is 12.8 Å². The Morgan fingerprint density at radius 1 is 1.16 bits per heavy atom. The van der Waals surface area contributed by atoms with Crippen LogP contribution in [0.25, 0.3) is 0 Å². The van der Waals surface area contributed by atoms with Crippen LogP contribution in [-0.2, 0) is 4.79 Å². The number of likely N-dealkylation sites (N-methyl/N-ethyl adjacent to an activating group) is 1. The second-order valence-electron chi connectivity index (χ2n) is 8.46. The van der Waals surface area contributed by atoms with Crippen LogP contribution in [0.2, 0.25) is 0 Å². The first-order valence-corrected chi connectivity index (χ1v) is 11.3. The molecule has 2 aliphatic rings. The summed E-state index contributed by atoms with van der Waals surface area (Å²) in [5, 5.41) is 5.60. The van der Waals surface area contributed by atoms with E-state index in [1.54, 1.807) is 11.9 Å². The number of aryl methyl sites for hydroxylation is 1. The van der Waals surface area contributed by atoms with Crippen molar-refractivity contribution in [2.24, 2.45) is 4.99 Å². The van der Waals surface area contributed by atoms with Crippen molar-refractivity contribution in [2.75, 3.05) is 23.8 Å². The van der Waals surface area contributed by atoms with Gasteiger partial charge in [-0.2, -0.15) is 0 Å². The predicted octanol–water partition coefficient (Wildman–Crippen LogP) is 4.13. The van der Waals surface area contributed by atoms with Gasteiger partial charge >= 0.3 is 6.03 Å². The second-order valence-corrected chi connectivity index (χ2v) is 8.46. The van der Waals surface area contributed by atoms with Gasteiger partial charge in [0.15, 0.2) is 0 Å². The molecule has 2 aromatic carbocycles. The molecule has 7 nitrogen and oxygen atoms in total. The number of para-hydroxylation sites is 1. The van der Waals surface area contributed by atoms with E-state index in [0.29, 0.717) is 11.7 Å². The molecule has 7 heteroatoms. The third-order valence-electron chi connectivity index (χ3n) is 6.24. The summed E-state index contributed by atoms with van der Waals surface area (Å²) in [4.78, 5) is 34.8. The molecule has 0 bridgehead atoms. The van der Waals surface area contributed by atoms with Crippen LogP contribution in [-0.4, -0.2) is 48.5 Å². The van der Waals surface area contributed by atoms with Crippen molar-refractivity contribution in [1.29, 1.82) is 0 Å². The Morgan fingerprint density at radius 3 is 2.62 bits per heavy atom. The third kappa shape index (κ3) is 4.47. The van der Waals surface area contributed by atoms with Crippen LogP contribution in [0.3, 0.4) is 0 Å². The molecule has 0 unspecified atom stereocenters. The molecule has 0 saturated heterocycles. The molecule has 1 atom stereocenters. The number of urea groups is 1. The SMILES string of the molecule is CCN(C1=N[C@@H](NC(=O)Nc2cccc(C)c2)C(=O)N(C)c2ccccc21)C1CCCC1. The number of nitrogens with zero attached hydrogens (tertiary/aromatic N) is 3. The number of benzodiazepines with no additional fused rings is 1. The van der Waals surface area contributed by atoms with E-state index in [0.717, 1.165) is 42.0 Å². The normalized spacial score (nSPS) is 18.6. The Bertz CT molecular complexity index is 1030. The van der Waals surface area contributed by atoms with Crippen molar-refractivity contribution in [1.82, 2.24) is 10.2 Å². The molecular formula is C25H31N5O2. The fourth-order valence-corrected chi connectivity index (χ4v) is 4.64. The van der Waals surface area contributed by atoms with Gasteiger partial charge in [-0.1, -0.05) is 37.1 Å². The number of amidine groups is 1. The second kappa shape index (κ2) is 9.42. The molecule has 168 valence electrons. The van der Waals surface area contributed by atoms with E-state index < -0.39 is 12.2 Å². The van der Waals surface area contributed by atoms with E-state index in [4.69, 9.17) is 4.99 Å². The zero-order chi connectivity index (χ0) is 22.7. The Hall–Kier alpha value is -3.35. The molecule has 1 heterocycles. The van der Waals surface area contributed by atoms with E-state index in [-0.39, 0.29) is 5.91 Å². The molecule has 0 aromatic heterocycles. The fourth-order valence-electron chi connectivity index (χ4n) is 4.64. The summed E-state index contributed by atoms with van der Waals surface area (Å²) in [6.07, 6.45) is 3.63. The van der Waals surface area contributed by atoms with Crippen molar-refractivity contribution < 1.29 is 9.59 Å². The largest absolute Gasteiger partial charge is 0.354 e. The van der Waals surface area contributed by atoms with Gasteiger partial charge in [-0.3, -0.25) is 4.79 Å². The molecule has 3 amide bonds. The number of carbonyl (C=O) groups excluding carboxylic acids is 2. The minimum Gasteiger partial charge on any atom is -0.354 e.